The van der Waals surface area contributed by atoms with Gasteiger partial charge in [-0.05, 0) is 25.0 Å². The number of aliphatic carboxylic acids is 1. The van der Waals surface area contributed by atoms with Gasteiger partial charge in [-0.1, -0.05) is 0 Å². The second-order valence-corrected chi connectivity index (χ2v) is 5.14. The molecule has 0 amide bonds. The molecule has 0 aromatic carbocycles. The quantitative estimate of drug-likeness (QED) is 0.270. The molecule has 5 N–H and O–H groups in total. The number of amidine groups is 1. The lowest BCUT2D eigenvalue weighted by atomic mass is 10.1. The second-order valence-electron chi connectivity index (χ2n) is 3.56. The predicted octanol–water partition coefficient (Wildman–Crippen LogP) is -0.876. The third-order valence-electron chi connectivity index (χ3n) is 1.67. The molecule has 15 heavy (non-hydrogen) atoms. The number of hydrogen-bond donors (Lipinski definition) is 4. The lowest BCUT2D eigenvalue weighted by molar-refractivity contribution is -0.141. The number of hydrogen-bond acceptors (Lipinski definition) is 4. The van der Waals surface area contributed by atoms with Gasteiger partial charge in [0.2, 0.25) is 0 Å². The van der Waals surface area contributed by atoms with Crippen molar-refractivity contribution in [1.29, 1.82) is 5.41 Å². The minimum Gasteiger partial charge on any atom is -0.616 e. The summed E-state index contributed by atoms with van der Waals surface area (Å²) in [6.45, 7) is 3.30. The summed E-state index contributed by atoms with van der Waals surface area (Å²) in [5.74, 6) is -0.662. The summed E-state index contributed by atoms with van der Waals surface area (Å²) in [6.07, 6.45) is 0. The van der Waals surface area contributed by atoms with E-state index in [2.05, 4.69) is 5.32 Å². The van der Waals surface area contributed by atoms with E-state index in [0.29, 0.717) is 12.4 Å². The number of rotatable bonds is 6. The highest BCUT2D eigenvalue weighted by Gasteiger charge is 2.33. The summed E-state index contributed by atoms with van der Waals surface area (Å²) in [6, 6.07) is 0. The van der Waals surface area contributed by atoms with Crippen LogP contribution in [0.3, 0.4) is 0 Å². The SMILES string of the molecule is CC(=N)NCC[S+]([O-])C[C@](C)(N)C(=O)O. The van der Waals surface area contributed by atoms with E-state index in [1.165, 1.54) is 6.92 Å². The molecule has 0 fully saturated rings. The Balaban J connectivity index is 3.88. The van der Waals surface area contributed by atoms with Crippen LogP contribution in [0.4, 0.5) is 0 Å². The van der Waals surface area contributed by atoms with Crippen LogP contribution in [0.5, 0.6) is 0 Å². The molecule has 0 aromatic heterocycles. The molecule has 0 bridgehead atoms. The molecule has 0 aliphatic rings. The van der Waals surface area contributed by atoms with Crippen LogP contribution in [-0.4, -0.2) is 45.1 Å². The largest absolute Gasteiger partial charge is 0.616 e. The molecule has 1 unspecified atom stereocenters. The van der Waals surface area contributed by atoms with Crippen molar-refractivity contribution >= 4 is 23.0 Å². The highest BCUT2D eigenvalue weighted by Crippen LogP contribution is 2.05. The van der Waals surface area contributed by atoms with Crippen LogP contribution in [0.15, 0.2) is 0 Å². The first-order valence-electron chi connectivity index (χ1n) is 4.42. The Bertz CT molecular complexity index is 245. The molecule has 2 atom stereocenters. The summed E-state index contributed by atoms with van der Waals surface area (Å²) in [4.78, 5) is 10.6. The Kier molecular flexibility index (Phi) is 5.63. The molecule has 6 nitrogen and oxygen atoms in total. The Hall–Kier alpha value is -0.790. The molecule has 0 aromatic rings. The number of carboxylic acids is 1. The maximum atomic E-state index is 11.4. The molecule has 7 heteroatoms. The zero-order valence-corrected chi connectivity index (χ0v) is 9.69. The first kappa shape index (κ1) is 14.2. The molecule has 0 spiro atoms. The van der Waals surface area contributed by atoms with E-state index in [4.69, 9.17) is 16.2 Å². The fourth-order valence-electron chi connectivity index (χ4n) is 0.821. The third-order valence-corrected chi connectivity index (χ3v) is 3.25. The normalized spacial score (nSPS) is 16.5. The van der Waals surface area contributed by atoms with Gasteiger partial charge in [-0.25, -0.2) is 0 Å². The van der Waals surface area contributed by atoms with Gasteiger partial charge in [0.1, 0.15) is 11.5 Å². The average Bonchev–Trinajstić information content (AvgIpc) is 2.01. The topological polar surface area (TPSA) is 122 Å². The van der Waals surface area contributed by atoms with Crippen molar-refractivity contribution < 1.29 is 14.5 Å². The number of carboxylic acid groups (broad SMARTS) is 1. The monoisotopic (exact) mass is 235 g/mol. The van der Waals surface area contributed by atoms with Gasteiger partial charge in [-0.3, -0.25) is 10.2 Å². The van der Waals surface area contributed by atoms with Gasteiger partial charge in [0.05, 0.1) is 12.4 Å². The number of nitrogens with two attached hydrogens (primary N) is 1. The van der Waals surface area contributed by atoms with Crippen molar-refractivity contribution in [2.45, 2.75) is 19.4 Å². The summed E-state index contributed by atoms with van der Waals surface area (Å²) >= 11 is -1.29. The number of nitrogens with one attached hydrogen (secondary N) is 2. The maximum absolute atomic E-state index is 11.4. The van der Waals surface area contributed by atoms with Crippen molar-refractivity contribution in [2.75, 3.05) is 18.1 Å². The van der Waals surface area contributed by atoms with E-state index in [-0.39, 0.29) is 11.5 Å². The van der Waals surface area contributed by atoms with Gasteiger partial charge < -0.3 is 20.7 Å². The van der Waals surface area contributed by atoms with Crippen molar-refractivity contribution in [3.05, 3.63) is 0 Å². The van der Waals surface area contributed by atoms with Gasteiger partial charge in [0.15, 0.2) is 5.54 Å². The first-order valence-corrected chi connectivity index (χ1v) is 5.91. The van der Waals surface area contributed by atoms with Gasteiger partial charge in [0.25, 0.3) is 0 Å². The van der Waals surface area contributed by atoms with Crippen LogP contribution in [0.2, 0.25) is 0 Å². The molecule has 0 rings (SSSR count). The minimum absolute atomic E-state index is 0.0823. The first-order chi connectivity index (χ1) is 6.75. The third kappa shape index (κ3) is 6.32. The van der Waals surface area contributed by atoms with Gasteiger partial charge >= 0.3 is 5.97 Å². The van der Waals surface area contributed by atoms with Crippen molar-refractivity contribution in [2.24, 2.45) is 5.73 Å². The standard InChI is InChI=1S/C8H17N3O3S/c1-6(9)11-3-4-15(14)5-8(2,10)7(12)13/h3-5,10H2,1-2H3,(H2,9,11)(H,12,13)/t8-,15?/m0/s1. The molecule has 0 radical (unpaired) electrons. The Morgan fingerprint density at radius 2 is 2.27 bits per heavy atom. The fourth-order valence-corrected chi connectivity index (χ4v) is 2.09. The molecule has 0 heterocycles. The fraction of sp³-hybridized carbons (Fsp3) is 0.750. The molecule has 0 aliphatic heterocycles. The molecular formula is C8H17N3O3S. The summed E-state index contributed by atoms with van der Waals surface area (Å²) in [5, 5.41) is 18.4. The van der Waals surface area contributed by atoms with E-state index < -0.39 is 22.7 Å². The molecule has 0 aliphatic carbocycles. The Morgan fingerprint density at radius 1 is 1.73 bits per heavy atom. The van der Waals surface area contributed by atoms with Crippen LogP contribution in [-0.2, 0) is 16.0 Å². The predicted molar refractivity (Wildman–Crippen MR) is 59.5 cm³/mol. The van der Waals surface area contributed by atoms with Gasteiger partial charge in [0, 0.05) is 0 Å². The molecule has 0 saturated carbocycles. The highest BCUT2D eigenvalue weighted by atomic mass is 32.2. The Labute approximate surface area is 91.9 Å². The second kappa shape index (κ2) is 5.94. The van der Waals surface area contributed by atoms with Crippen LogP contribution in [0.1, 0.15) is 13.8 Å². The van der Waals surface area contributed by atoms with Crippen molar-refractivity contribution in [1.82, 2.24) is 5.32 Å². The highest BCUT2D eigenvalue weighted by molar-refractivity contribution is 7.91. The molecule has 88 valence electrons. The summed E-state index contributed by atoms with van der Waals surface area (Å²) in [5.41, 5.74) is 3.98. The van der Waals surface area contributed by atoms with Gasteiger partial charge in [-0.2, -0.15) is 0 Å². The summed E-state index contributed by atoms with van der Waals surface area (Å²) in [7, 11) is 0. The summed E-state index contributed by atoms with van der Waals surface area (Å²) < 4.78 is 11.4. The van der Waals surface area contributed by atoms with Crippen LogP contribution in [0, 0.1) is 5.41 Å². The lowest BCUT2D eigenvalue weighted by Crippen LogP contribution is -2.51. The maximum Gasteiger partial charge on any atom is 0.328 e. The van der Waals surface area contributed by atoms with Crippen molar-refractivity contribution in [3.63, 3.8) is 0 Å². The Morgan fingerprint density at radius 3 is 2.67 bits per heavy atom. The smallest absolute Gasteiger partial charge is 0.328 e. The molecule has 0 saturated heterocycles. The lowest BCUT2D eigenvalue weighted by Gasteiger charge is -2.21. The van der Waals surface area contributed by atoms with Crippen LogP contribution in [0.25, 0.3) is 0 Å². The molecular weight excluding hydrogens is 218 g/mol. The van der Waals surface area contributed by atoms with Crippen LogP contribution >= 0.6 is 0 Å². The zero-order chi connectivity index (χ0) is 12.1. The minimum atomic E-state index is -1.45. The van der Waals surface area contributed by atoms with E-state index in [9.17, 15) is 9.35 Å². The van der Waals surface area contributed by atoms with E-state index in [1.54, 1.807) is 6.92 Å². The average molecular weight is 235 g/mol. The van der Waals surface area contributed by atoms with E-state index in [1.807, 2.05) is 0 Å². The van der Waals surface area contributed by atoms with Gasteiger partial charge in [-0.15, -0.1) is 0 Å². The number of carbonyl (C=O) groups is 1. The van der Waals surface area contributed by atoms with Crippen molar-refractivity contribution in [3.8, 4) is 0 Å². The van der Waals surface area contributed by atoms with E-state index >= 15 is 0 Å². The van der Waals surface area contributed by atoms with Crippen LogP contribution < -0.4 is 11.1 Å². The van der Waals surface area contributed by atoms with E-state index in [0.717, 1.165) is 0 Å². The zero-order valence-electron chi connectivity index (χ0n) is 8.87.